The van der Waals surface area contributed by atoms with Crippen LogP contribution in [-0.4, -0.2) is 37.2 Å². The molecule has 0 heterocycles. The summed E-state index contributed by atoms with van der Waals surface area (Å²) in [6, 6.07) is 0. The van der Waals surface area contributed by atoms with Crippen LogP contribution in [0.15, 0.2) is 72.9 Å². The SMILES string of the molecule is CC/C=C\C/C=C\C/C=C\CCCCCCCC(=O)O[C@@H](COC(=O)CCCCCC/C=C\C/C=C\C/C=C\CCCCC)COC(=O)CCCCCCCCCCCCCCCCC. The van der Waals surface area contributed by atoms with Gasteiger partial charge in [0.05, 0.1) is 0 Å². The van der Waals surface area contributed by atoms with Crippen molar-refractivity contribution in [3.8, 4) is 0 Å². The highest BCUT2D eigenvalue weighted by Gasteiger charge is 2.19. The van der Waals surface area contributed by atoms with Gasteiger partial charge in [-0.15, -0.1) is 0 Å². The van der Waals surface area contributed by atoms with Gasteiger partial charge in [0.25, 0.3) is 0 Å². The van der Waals surface area contributed by atoms with E-state index in [1.54, 1.807) is 0 Å². The standard InChI is InChI=1S/C59H102O6/c1-4-7-10-13-16-19-22-25-28-29-32-34-37-40-43-46-49-52-58(61)64-55-56(65-59(62)53-50-47-44-41-38-35-31-27-24-21-18-15-12-9-6-3)54-63-57(60)51-48-45-42-39-36-33-30-26-23-20-17-14-11-8-5-2/h9,12,16,18-19,21,25,27-28,31-32,34,56H,4-8,10-11,13-15,17,20,22-24,26,29-30,33,35-55H2,1-3H3/b12-9-,19-16-,21-18-,28-25-,31-27-,34-32-/t56-/m1/s1. The van der Waals surface area contributed by atoms with E-state index in [0.29, 0.717) is 19.3 Å². The maximum absolute atomic E-state index is 12.8. The Morgan fingerprint density at radius 2 is 0.600 bits per heavy atom. The smallest absolute Gasteiger partial charge is 0.306 e. The molecule has 6 nitrogen and oxygen atoms in total. The van der Waals surface area contributed by atoms with Crippen molar-refractivity contribution in [1.29, 1.82) is 0 Å². The van der Waals surface area contributed by atoms with Crippen LogP contribution in [0.1, 0.15) is 265 Å². The van der Waals surface area contributed by atoms with E-state index in [1.807, 2.05) is 0 Å². The van der Waals surface area contributed by atoms with Gasteiger partial charge >= 0.3 is 17.9 Å². The number of esters is 3. The van der Waals surface area contributed by atoms with Gasteiger partial charge in [-0.1, -0.05) is 229 Å². The molecule has 374 valence electrons. The number of carbonyl (C=O) groups is 3. The van der Waals surface area contributed by atoms with Gasteiger partial charge in [0.15, 0.2) is 6.10 Å². The van der Waals surface area contributed by atoms with E-state index in [4.69, 9.17) is 14.2 Å². The van der Waals surface area contributed by atoms with Gasteiger partial charge in [0.2, 0.25) is 0 Å². The van der Waals surface area contributed by atoms with Crippen molar-refractivity contribution in [2.75, 3.05) is 13.2 Å². The van der Waals surface area contributed by atoms with Crippen LogP contribution >= 0.6 is 0 Å². The molecule has 0 aliphatic heterocycles. The molecule has 0 saturated carbocycles. The Balaban J connectivity index is 4.44. The Labute approximate surface area is 402 Å². The van der Waals surface area contributed by atoms with Crippen molar-refractivity contribution in [1.82, 2.24) is 0 Å². The quantitative estimate of drug-likeness (QED) is 0.0262. The Kier molecular flexibility index (Phi) is 50.9. The van der Waals surface area contributed by atoms with Crippen LogP contribution < -0.4 is 0 Å². The molecule has 0 bridgehead atoms. The molecule has 0 aliphatic rings. The van der Waals surface area contributed by atoms with Crippen LogP contribution in [0.2, 0.25) is 0 Å². The summed E-state index contributed by atoms with van der Waals surface area (Å²) >= 11 is 0. The molecular formula is C59H102O6. The Morgan fingerprint density at radius 3 is 0.969 bits per heavy atom. The van der Waals surface area contributed by atoms with Gasteiger partial charge in [-0.25, -0.2) is 0 Å². The lowest BCUT2D eigenvalue weighted by atomic mass is 10.0. The second kappa shape index (κ2) is 53.5. The first kappa shape index (κ1) is 61.9. The molecule has 65 heavy (non-hydrogen) atoms. The Morgan fingerprint density at radius 1 is 0.323 bits per heavy atom. The average molecular weight is 907 g/mol. The lowest BCUT2D eigenvalue weighted by molar-refractivity contribution is -0.167. The molecule has 0 aromatic rings. The van der Waals surface area contributed by atoms with Gasteiger partial charge in [0, 0.05) is 19.3 Å². The molecule has 0 rings (SSSR count). The molecule has 0 radical (unpaired) electrons. The Hall–Kier alpha value is -3.15. The minimum absolute atomic E-state index is 0.0880. The summed E-state index contributed by atoms with van der Waals surface area (Å²) in [5.41, 5.74) is 0. The molecule has 0 amide bonds. The topological polar surface area (TPSA) is 78.9 Å². The molecule has 6 heteroatoms. The fourth-order valence-electron chi connectivity index (χ4n) is 7.58. The summed E-state index contributed by atoms with van der Waals surface area (Å²) in [5.74, 6) is -0.921. The zero-order valence-electron chi connectivity index (χ0n) is 42.7. The van der Waals surface area contributed by atoms with Crippen LogP contribution in [-0.2, 0) is 28.6 Å². The fraction of sp³-hybridized carbons (Fsp3) is 0.746. The van der Waals surface area contributed by atoms with Crippen molar-refractivity contribution >= 4 is 17.9 Å². The monoisotopic (exact) mass is 907 g/mol. The molecule has 0 N–H and O–H groups in total. The maximum atomic E-state index is 12.8. The van der Waals surface area contributed by atoms with E-state index in [1.165, 1.54) is 103 Å². The first-order chi connectivity index (χ1) is 32.0. The van der Waals surface area contributed by atoms with Crippen LogP contribution in [0.5, 0.6) is 0 Å². The number of ether oxygens (including phenoxy) is 3. The summed E-state index contributed by atoms with van der Waals surface area (Å²) in [4.78, 5) is 38.1. The van der Waals surface area contributed by atoms with Crippen molar-refractivity contribution in [2.24, 2.45) is 0 Å². The number of unbranched alkanes of at least 4 members (excludes halogenated alkanes) is 26. The second-order valence-corrected chi connectivity index (χ2v) is 18.1. The number of hydrogen-bond acceptors (Lipinski definition) is 6. The van der Waals surface area contributed by atoms with E-state index < -0.39 is 6.10 Å². The summed E-state index contributed by atoms with van der Waals surface area (Å²) in [6.45, 7) is 6.48. The fourth-order valence-corrected chi connectivity index (χ4v) is 7.58. The normalized spacial score (nSPS) is 12.6. The predicted molar refractivity (Wildman–Crippen MR) is 279 cm³/mol. The predicted octanol–water partition coefficient (Wildman–Crippen LogP) is 18.2. The highest BCUT2D eigenvalue weighted by atomic mass is 16.6. The number of hydrogen-bond donors (Lipinski definition) is 0. The molecule has 0 spiro atoms. The minimum atomic E-state index is -0.792. The zero-order valence-corrected chi connectivity index (χ0v) is 42.7. The third-order valence-corrected chi connectivity index (χ3v) is 11.7. The third-order valence-electron chi connectivity index (χ3n) is 11.7. The Bertz CT molecular complexity index is 1230. The number of carbonyl (C=O) groups excluding carboxylic acids is 3. The molecule has 0 fully saturated rings. The highest BCUT2D eigenvalue weighted by Crippen LogP contribution is 2.15. The summed E-state index contributed by atoms with van der Waals surface area (Å²) in [6.07, 6.45) is 67.4. The van der Waals surface area contributed by atoms with Gasteiger partial charge in [0.1, 0.15) is 13.2 Å². The van der Waals surface area contributed by atoms with Crippen LogP contribution in [0, 0.1) is 0 Å². The van der Waals surface area contributed by atoms with Crippen molar-refractivity contribution in [3.63, 3.8) is 0 Å². The molecule has 0 aromatic carbocycles. The average Bonchev–Trinajstić information content (AvgIpc) is 3.30. The van der Waals surface area contributed by atoms with Gasteiger partial charge in [-0.2, -0.15) is 0 Å². The molecule has 0 aliphatic carbocycles. The summed E-state index contributed by atoms with van der Waals surface area (Å²) < 4.78 is 16.8. The first-order valence-electron chi connectivity index (χ1n) is 27.4. The zero-order chi connectivity index (χ0) is 47.2. The summed E-state index contributed by atoms with van der Waals surface area (Å²) in [5, 5.41) is 0. The van der Waals surface area contributed by atoms with E-state index in [9.17, 15) is 14.4 Å². The molecule has 0 unspecified atom stereocenters. The van der Waals surface area contributed by atoms with E-state index in [2.05, 4.69) is 93.7 Å². The first-order valence-corrected chi connectivity index (χ1v) is 27.4. The van der Waals surface area contributed by atoms with Gasteiger partial charge in [-0.3, -0.25) is 14.4 Å². The molecular weight excluding hydrogens is 805 g/mol. The largest absolute Gasteiger partial charge is 0.462 e. The number of rotatable bonds is 49. The van der Waals surface area contributed by atoms with Gasteiger partial charge < -0.3 is 14.2 Å². The lowest BCUT2D eigenvalue weighted by Gasteiger charge is -2.18. The minimum Gasteiger partial charge on any atom is -0.462 e. The molecule has 1 atom stereocenters. The van der Waals surface area contributed by atoms with Crippen molar-refractivity contribution in [3.05, 3.63) is 72.9 Å². The van der Waals surface area contributed by atoms with E-state index in [0.717, 1.165) is 122 Å². The van der Waals surface area contributed by atoms with E-state index in [-0.39, 0.29) is 31.1 Å². The number of allylic oxidation sites excluding steroid dienone is 12. The van der Waals surface area contributed by atoms with Crippen LogP contribution in [0.25, 0.3) is 0 Å². The van der Waals surface area contributed by atoms with E-state index >= 15 is 0 Å². The second-order valence-electron chi connectivity index (χ2n) is 18.1. The maximum Gasteiger partial charge on any atom is 0.306 e. The van der Waals surface area contributed by atoms with Crippen LogP contribution in [0.3, 0.4) is 0 Å². The molecule has 0 aromatic heterocycles. The van der Waals surface area contributed by atoms with Gasteiger partial charge in [-0.05, 0) is 89.9 Å². The summed E-state index contributed by atoms with van der Waals surface area (Å²) in [7, 11) is 0. The lowest BCUT2D eigenvalue weighted by Crippen LogP contribution is -2.30. The van der Waals surface area contributed by atoms with Crippen LogP contribution in [0.4, 0.5) is 0 Å². The third kappa shape index (κ3) is 51.7. The molecule has 0 saturated heterocycles. The highest BCUT2D eigenvalue weighted by molar-refractivity contribution is 5.71. The van der Waals surface area contributed by atoms with Crippen molar-refractivity contribution in [2.45, 2.75) is 271 Å². The van der Waals surface area contributed by atoms with Crippen molar-refractivity contribution < 1.29 is 28.6 Å².